The zero-order chi connectivity index (χ0) is 12.8. The van der Waals surface area contributed by atoms with E-state index in [1.165, 1.54) is 0 Å². The molecule has 1 unspecified atom stereocenters. The molecule has 2 aromatic rings. The van der Waals surface area contributed by atoms with E-state index in [-0.39, 0.29) is 0 Å². The summed E-state index contributed by atoms with van der Waals surface area (Å²) in [6.45, 7) is 0.963. The lowest BCUT2D eigenvalue weighted by Gasteiger charge is -2.19. The monoisotopic (exact) mass is 263 g/mol. The predicted molar refractivity (Wildman–Crippen MR) is 71.0 cm³/mol. The van der Waals surface area contributed by atoms with E-state index in [1.54, 1.807) is 11.3 Å². The standard InChI is InChI=1S/C12H13N3O2S/c13-12(10(16)17)5-6-15(7-12)11-14-8-3-1-2-4-9(8)18-11/h1-4H,5-7,13H2,(H,16,17). The molecule has 0 saturated carbocycles. The van der Waals surface area contributed by atoms with Crippen molar-refractivity contribution in [1.82, 2.24) is 4.98 Å². The SMILES string of the molecule is NC1(C(=O)O)CCN(c2nc3ccccc3s2)C1. The molecule has 18 heavy (non-hydrogen) atoms. The van der Waals surface area contributed by atoms with Gasteiger partial charge in [-0.1, -0.05) is 23.5 Å². The van der Waals surface area contributed by atoms with Crippen LogP contribution in [0.25, 0.3) is 10.2 Å². The molecule has 0 radical (unpaired) electrons. The highest BCUT2D eigenvalue weighted by Crippen LogP contribution is 2.32. The fourth-order valence-corrected chi connectivity index (χ4v) is 3.16. The number of anilines is 1. The minimum Gasteiger partial charge on any atom is -0.480 e. The number of thiazole rings is 1. The Hall–Kier alpha value is -1.66. The van der Waals surface area contributed by atoms with Gasteiger partial charge in [0, 0.05) is 13.1 Å². The molecular weight excluding hydrogens is 250 g/mol. The number of rotatable bonds is 2. The van der Waals surface area contributed by atoms with Gasteiger partial charge in [0.05, 0.1) is 10.2 Å². The summed E-state index contributed by atoms with van der Waals surface area (Å²) in [4.78, 5) is 17.6. The average Bonchev–Trinajstić information content (AvgIpc) is 2.92. The number of benzene rings is 1. The lowest BCUT2D eigenvalue weighted by Crippen LogP contribution is -2.50. The number of aromatic nitrogens is 1. The molecule has 1 aliphatic rings. The number of hydrogen-bond donors (Lipinski definition) is 2. The summed E-state index contributed by atoms with van der Waals surface area (Å²) in [7, 11) is 0. The van der Waals surface area contributed by atoms with E-state index in [0.717, 1.165) is 15.3 Å². The first-order valence-corrected chi connectivity index (χ1v) is 6.53. The van der Waals surface area contributed by atoms with Crippen LogP contribution in [0.5, 0.6) is 0 Å². The Morgan fingerprint density at radius 3 is 2.94 bits per heavy atom. The molecule has 1 saturated heterocycles. The van der Waals surface area contributed by atoms with Gasteiger partial charge in [0.15, 0.2) is 5.13 Å². The number of para-hydroxylation sites is 1. The highest BCUT2D eigenvalue weighted by Gasteiger charge is 2.42. The van der Waals surface area contributed by atoms with E-state index in [1.807, 2.05) is 29.2 Å². The quantitative estimate of drug-likeness (QED) is 0.853. The van der Waals surface area contributed by atoms with Gasteiger partial charge in [-0.05, 0) is 18.6 Å². The Labute approximate surface area is 108 Å². The minimum atomic E-state index is -1.14. The molecule has 2 heterocycles. The Kier molecular flexibility index (Phi) is 2.49. The molecule has 0 spiro atoms. The van der Waals surface area contributed by atoms with Crippen LogP contribution >= 0.6 is 11.3 Å². The van der Waals surface area contributed by atoms with E-state index in [9.17, 15) is 4.79 Å². The van der Waals surface area contributed by atoms with Crippen LogP contribution in [0.4, 0.5) is 5.13 Å². The van der Waals surface area contributed by atoms with Crippen molar-refractivity contribution < 1.29 is 9.90 Å². The molecule has 0 amide bonds. The van der Waals surface area contributed by atoms with Crippen molar-refractivity contribution >= 4 is 32.7 Å². The van der Waals surface area contributed by atoms with Crippen molar-refractivity contribution in [3.63, 3.8) is 0 Å². The molecule has 1 aromatic carbocycles. The van der Waals surface area contributed by atoms with E-state index < -0.39 is 11.5 Å². The first-order valence-electron chi connectivity index (χ1n) is 5.71. The highest BCUT2D eigenvalue weighted by atomic mass is 32.1. The average molecular weight is 263 g/mol. The van der Waals surface area contributed by atoms with Crippen LogP contribution in [0.3, 0.4) is 0 Å². The van der Waals surface area contributed by atoms with Crippen LogP contribution in [0.1, 0.15) is 6.42 Å². The second-order valence-corrected chi connectivity index (χ2v) is 5.61. The number of carboxylic acids is 1. The number of aliphatic carboxylic acids is 1. The third-order valence-electron chi connectivity index (χ3n) is 3.28. The zero-order valence-electron chi connectivity index (χ0n) is 9.67. The highest BCUT2D eigenvalue weighted by molar-refractivity contribution is 7.22. The molecule has 1 aliphatic heterocycles. The Bertz CT molecular complexity index is 579. The fraction of sp³-hybridized carbons (Fsp3) is 0.333. The van der Waals surface area contributed by atoms with Crippen molar-refractivity contribution in [3.8, 4) is 0 Å². The van der Waals surface area contributed by atoms with Gasteiger partial charge in [0.1, 0.15) is 5.54 Å². The molecule has 0 bridgehead atoms. The Balaban J connectivity index is 1.90. The Morgan fingerprint density at radius 2 is 2.28 bits per heavy atom. The molecule has 3 N–H and O–H groups in total. The minimum absolute atomic E-state index is 0.322. The largest absolute Gasteiger partial charge is 0.480 e. The molecule has 3 rings (SSSR count). The van der Waals surface area contributed by atoms with Crippen molar-refractivity contribution in [2.75, 3.05) is 18.0 Å². The Morgan fingerprint density at radius 1 is 1.50 bits per heavy atom. The summed E-state index contributed by atoms with van der Waals surface area (Å²) in [5.41, 5.74) is 5.67. The molecule has 5 nitrogen and oxygen atoms in total. The fourth-order valence-electron chi connectivity index (χ4n) is 2.17. The normalized spacial score (nSPS) is 23.7. The number of carboxylic acid groups (broad SMARTS) is 1. The van der Waals surface area contributed by atoms with Crippen LogP contribution in [0.2, 0.25) is 0 Å². The lowest BCUT2D eigenvalue weighted by molar-refractivity contribution is -0.142. The molecule has 6 heteroatoms. The van der Waals surface area contributed by atoms with E-state index >= 15 is 0 Å². The molecule has 1 atom stereocenters. The summed E-state index contributed by atoms with van der Waals surface area (Å²) in [5, 5.41) is 9.96. The number of fused-ring (bicyclic) bond motifs is 1. The first-order chi connectivity index (χ1) is 8.58. The maximum atomic E-state index is 11.1. The van der Waals surface area contributed by atoms with Crippen LogP contribution in [0.15, 0.2) is 24.3 Å². The topological polar surface area (TPSA) is 79.5 Å². The van der Waals surface area contributed by atoms with Gasteiger partial charge in [-0.15, -0.1) is 0 Å². The maximum absolute atomic E-state index is 11.1. The van der Waals surface area contributed by atoms with Gasteiger partial charge in [0.2, 0.25) is 0 Å². The second-order valence-electron chi connectivity index (χ2n) is 4.60. The van der Waals surface area contributed by atoms with Gasteiger partial charge in [-0.3, -0.25) is 4.79 Å². The first kappa shape index (κ1) is 11.4. The summed E-state index contributed by atoms with van der Waals surface area (Å²) in [6.07, 6.45) is 0.457. The smallest absolute Gasteiger partial charge is 0.325 e. The van der Waals surface area contributed by atoms with E-state index in [4.69, 9.17) is 10.8 Å². The number of hydrogen-bond acceptors (Lipinski definition) is 5. The van der Waals surface area contributed by atoms with Gasteiger partial charge >= 0.3 is 5.97 Å². The van der Waals surface area contributed by atoms with Crippen LogP contribution in [-0.2, 0) is 4.79 Å². The number of nitrogens with two attached hydrogens (primary N) is 1. The zero-order valence-corrected chi connectivity index (χ0v) is 10.5. The van der Waals surface area contributed by atoms with E-state index in [2.05, 4.69) is 4.98 Å². The second kappa shape index (κ2) is 3.93. The van der Waals surface area contributed by atoms with Gasteiger partial charge in [-0.25, -0.2) is 4.98 Å². The molecule has 1 aromatic heterocycles. The lowest BCUT2D eigenvalue weighted by atomic mass is 10.0. The number of carbonyl (C=O) groups is 1. The van der Waals surface area contributed by atoms with Gasteiger partial charge in [0.25, 0.3) is 0 Å². The summed E-state index contributed by atoms with van der Waals surface area (Å²) in [6, 6.07) is 7.89. The molecule has 94 valence electrons. The van der Waals surface area contributed by atoms with Gasteiger partial charge in [-0.2, -0.15) is 0 Å². The van der Waals surface area contributed by atoms with Crippen LogP contribution in [-0.4, -0.2) is 34.7 Å². The van der Waals surface area contributed by atoms with Gasteiger partial charge < -0.3 is 15.7 Å². The predicted octanol–water partition coefficient (Wildman–Crippen LogP) is 1.29. The van der Waals surface area contributed by atoms with Crippen molar-refractivity contribution in [2.45, 2.75) is 12.0 Å². The third kappa shape index (κ3) is 1.74. The third-order valence-corrected chi connectivity index (χ3v) is 4.38. The van der Waals surface area contributed by atoms with Crippen molar-refractivity contribution in [3.05, 3.63) is 24.3 Å². The van der Waals surface area contributed by atoms with Crippen LogP contribution in [0, 0.1) is 0 Å². The van der Waals surface area contributed by atoms with Crippen LogP contribution < -0.4 is 10.6 Å². The number of nitrogens with zero attached hydrogens (tertiary/aromatic N) is 2. The molecule has 0 aliphatic carbocycles. The van der Waals surface area contributed by atoms with Crippen molar-refractivity contribution in [2.24, 2.45) is 5.73 Å². The summed E-state index contributed by atoms with van der Waals surface area (Å²) in [5.74, 6) is -0.939. The summed E-state index contributed by atoms with van der Waals surface area (Å²) < 4.78 is 1.11. The molecule has 1 fully saturated rings. The van der Waals surface area contributed by atoms with Crippen molar-refractivity contribution in [1.29, 1.82) is 0 Å². The summed E-state index contributed by atoms with van der Waals surface area (Å²) >= 11 is 1.57. The molecular formula is C12H13N3O2S. The maximum Gasteiger partial charge on any atom is 0.325 e. The van der Waals surface area contributed by atoms with E-state index in [0.29, 0.717) is 19.5 Å².